The molecule has 2 rings (SSSR count). The normalized spacial score (nSPS) is 27.1. The smallest absolute Gasteiger partial charge is 0.0323 e. The molecule has 1 N–H and O–H groups in total. The first-order chi connectivity index (χ1) is 6.77. The van der Waals surface area contributed by atoms with Gasteiger partial charge in [-0.3, -0.25) is 0 Å². The molecular formula is C13H19N. The third-order valence-electron chi connectivity index (χ3n) is 3.19. The van der Waals surface area contributed by atoms with Gasteiger partial charge in [-0.1, -0.05) is 44.2 Å². The van der Waals surface area contributed by atoms with Crippen molar-refractivity contribution in [3.8, 4) is 0 Å². The lowest BCUT2D eigenvalue weighted by molar-refractivity contribution is 0.432. The van der Waals surface area contributed by atoms with E-state index in [0.29, 0.717) is 12.1 Å². The average molecular weight is 189 g/mol. The fourth-order valence-corrected chi connectivity index (χ4v) is 2.25. The first-order valence-electron chi connectivity index (χ1n) is 5.58. The van der Waals surface area contributed by atoms with Crippen LogP contribution < -0.4 is 5.32 Å². The monoisotopic (exact) mass is 189 g/mol. The van der Waals surface area contributed by atoms with Crippen LogP contribution in [0.15, 0.2) is 30.3 Å². The van der Waals surface area contributed by atoms with Crippen molar-refractivity contribution in [1.29, 1.82) is 0 Å². The summed E-state index contributed by atoms with van der Waals surface area (Å²) in [6, 6.07) is 12.1. The van der Waals surface area contributed by atoms with Crippen LogP contribution in [0.1, 0.15) is 38.3 Å². The van der Waals surface area contributed by atoms with Gasteiger partial charge in [0.15, 0.2) is 0 Å². The van der Waals surface area contributed by atoms with Crippen molar-refractivity contribution in [3.63, 3.8) is 0 Å². The maximum atomic E-state index is 3.71. The summed E-state index contributed by atoms with van der Waals surface area (Å²) in [6.07, 6.45) is 2.60. The lowest BCUT2D eigenvalue weighted by atomic mass is 10.0. The highest BCUT2D eigenvalue weighted by Crippen LogP contribution is 2.28. The molecule has 0 radical (unpaired) electrons. The second-order valence-corrected chi connectivity index (χ2v) is 4.56. The number of hydrogen-bond donors (Lipinski definition) is 1. The van der Waals surface area contributed by atoms with E-state index in [-0.39, 0.29) is 0 Å². The van der Waals surface area contributed by atoms with Crippen molar-refractivity contribution in [1.82, 2.24) is 5.32 Å². The summed E-state index contributed by atoms with van der Waals surface area (Å²) in [5.74, 6) is 0.753. The highest BCUT2D eigenvalue weighted by molar-refractivity contribution is 5.20. The van der Waals surface area contributed by atoms with Gasteiger partial charge in [-0.15, -0.1) is 0 Å². The van der Waals surface area contributed by atoms with E-state index in [9.17, 15) is 0 Å². The van der Waals surface area contributed by atoms with Gasteiger partial charge in [0.1, 0.15) is 0 Å². The summed E-state index contributed by atoms with van der Waals surface area (Å²) in [5, 5.41) is 3.71. The number of benzene rings is 1. The van der Waals surface area contributed by atoms with E-state index < -0.39 is 0 Å². The number of rotatable bonds is 2. The Hall–Kier alpha value is -0.820. The number of hydrogen-bond acceptors (Lipinski definition) is 1. The predicted molar refractivity (Wildman–Crippen MR) is 60.2 cm³/mol. The molecule has 1 aliphatic heterocycles. The fraction of sp³-hybridized carbons (Fsp3) is 0.538. The zero-order chi connectivity index (χ0) is 9.97. The van der Waals surface area contributed by atoms with Gasteiger partial charge in [0.2, 0.25) is 0 Å². The Bertz CT molecular complexity index is 279. The Morgan fingerprint density at radius 1 is 1.14 bits per heavy atom. The van der Waals surface area contributed by atoms with E-state index >= 15 is 0 Å². The molecule has 0 bridgehead atoms. The van der Waals surface area contributed by atoms with Crippen molar-refractivity contribution in [2.75, 3.05) is 0 Å². The van der Waals surface area contributed by atoms with Gasteiger partial charge >= 0.3 is 0 Å². The van der Waals surface area contributed by atoms with Gasteiger partial charge in [0.25, 0.3) is 0 Å². The summed E-state index contributed by atoms with van der Waals surface area (Å²) >= 11 is 0. The maximum absolute atomic E-state index is 3.71. The Kier molecular flexibility index (Phi) is 2.87. The summed E-state index contributed by atoms with van der Waals surface area (Å²) in [5.41, 5.74) is 1.44. The van der Waals surface area contributed by atoms with Gasteiger partial charge in [-0.2, -0.15) is 0 Å². The highest BCUT2D eigenvalue weighted by atomic mass is 15.0. The zero-order valence-electron chi connectivity index (χ0n) is 9.03. The molecule has 1 saturated heterocycles. The summed E-state index contributed by atoms with van der Waals surface area (Å²) in [6.45, 7) is 4.59. The van der Waals surface area contributed by atoms with Crippen LogP contribution in [0.5, 0.6) is 0 Å². The molecule has 0 aromatic heterocycles. The summed E-state index contributed by atoms with van der Waals surface area (Å²) < 4.78 is 0. The molecule has 1 aromatic rings. The summed E-state index contributed by atoms with van der Waals surface area (Å²) in [4.78, 5) is 0. The highest BCUT2D eigenvalue weighted by Gasteiger charge is 2.26. The third-order valence-corrected chi connectivity index (χ3v) is 3.19. The lowest BCUT2D eigenvalue weighted by Gasteiger charge is -2.17. The van der Waals surface area contributed by atoms with Gasteiger partial charge in [0.05, 0.1) is 0 Å². The molecule has 2 atom stereocenters. The van der Waals surface area contributed by atoms with Crippen LogP contribution >= 0.6 is 0 Å². The number of nitrogens with one attached hydrogen (secondary N) is 1. The summed E-state index contributed by atoms with van der Waals surface area (Å²) in [7, 11) is 0. The second-order valence-electron chi connectivity index (χ2n) is 4.56. The predicted octanol–water partition coefficient (Wildman–Crippen LogP) is 3.14. The first-order valence-corrected chi connectivity index (χ1v) is 5.58. The molecule has 14 heavy (non-hydrogen) atoms. The third kappa shape index (κ3) is 1.98. The minimum Gasteiger partial charge on any atom is -0.307 e. The standard InChI is InChI=1S/C13H19N/c1-10(2)12-8-9-13(14-12)11-6-4-3-5-7-11/h3-7,10,12-14H,8-9H2,1-2H3/t12-,13+/m0/s1. The largest absolute Gasteiger partial charge is 0.307 e. The van der Waals surface area contributed by atoms with Gasteiger partial charge in [-0.05, 0) is 24.3 Å². The Morgan fingerprint density at radius 2 is 1.86 bits per heavy atom. The molecular weight excluding hydrogens is 170 g/mol. The lowest BCUT2D eigenvalue weighted by Crippen LogP contribution is -2.28. The van der Waals surface area contributed by atoms with Crippen LogP contribution in [0, 0.1) is 5.92 Å². The molecule has 0 aliphatic carbocycles. The SMILES string of the molecule is CC(C)[C@@H]1CC[C@H](c2ccccc2)N1. The molecule has 1 fully saturated rings. The van der Waals surface area contributed by atoms with Crippen molar-refractivity contribution in [2.24, 2.45) is 5.92 Å². The molecule has 1 heterocycles. The Balaban J connectivity index is 2.03. The molecule has 1 nitrogen and oxygen atoms in total. The molecule has 0 unspecified atom stereocenters. The Morgan fingerprint density at radius 3 is 2.43 bits per heavy atom. The minimum atomic E-state index is 0.587. The van der Waals surface area contributed by atoms with E-state index in [1.807, 2.05) is 0 Å². The van der Waals surface area contributed by atoms with E-state index in [1.54, 1.807) is 0 Å². The van der Waals surface area contributed by atoms with Gasteiger partial charge in [0, 0.05) is 12.1 Å². The van der Waals surface area contributed by atoms with Crippen LogP contribution in [0.3, 0.4) is 0 Å². The minimum absolute atomic E-state index is 0.587. The van der Waals surface area contributed by atoms with Gasteiger partial charge < -0.3 is 5.32 Å². The van der Waals surface area contributed by atoms with Crippen LogP contribution in [0.25, 0.3) is 0 Å². The van der Waals surface area contributed by atoms with Crippen LogP contribution in [-0.2, 0) is 0 Å². The topological polar surface area (TPSA) is 12.0 Å². The van der Waals surface area contributed by atoms with E-state index in [1.165, 1.54) is 18.4 Å². The van der Waals surface area contributed by atoms with E-state index in [2.05, 4.69) is 49.5 Å². The maximum Gasteiger partial charge on any atom is 0.0323 e. The first kappa shape index (κ1) is 9.72. The average Bonchev–Trinajstić information content (AvgIpc) is 2.68. The molecule has 76 valence electrons. The second kappa shape index (κ2) is 4.14. The molecule has 0 spiro atoms. The molecule has 0 saturated carbocycles. The molecule has 1 aromatic carbocycles. The van der Waals surface area contributed by atoms with Gasteiger partial charge in [-0.25, -0.2) is 0 Å². The van der Waals surface area contributed by atoms with Crippen LogP contribution in [-0.4, -0.2) is 6.04 Å². The van der Waals surface area contributed by atoms with Crippen LogP contribution in [0.2, 0.25) is 0 Å². The van der Waals surface area contributed by atoms with E-state index in [4.69, 9.17) is 0 Å². The molecule has 0 amide bonds. The van der Waals surface area contributed by atoms with Crippen LogP contribution in [0.4, 0.5) is 0 Å². The molecule has 1 aliphatic rings. The zero-order valence-corrected chi connectivity index (χ0v) is 9.03. The van der Waals surface area contributed by atoms with Crippen molar-refractivity contribution in [2.45, 2.75) is 38.8 Å². The fourth-order valence-electron chi connectivity index (χ4n) is 2.25. The van der Waals surface area contributed by atoms with Crippen molar-refractivity contribution >= 4 is 0 Å². The quantitative estimate of drug-likeness (QED) is 0.753. The molecule has 1 heteroatoms. The van der Waals surface area contributed by atoms with Crippen molar-refractivity contribution in [3.05, 3.63) is 35.9 Å². The van der Waals surface area contributed by atoms with Crippen molar-refractivity contribution < 1.29 is 0 Å². The van der Waals surface area contributed by atoms with E-state index in [0.717, 1.165) is 5.92 Å². The Labute approximate surface area is 86.5 Å².